The Kier molecular flexibility index (Phi) is 5.45. The first-order valence-electron chi connectivity index (χ1n) is 10.9. The molecule has 2 aromatic heterocycles. The number of halogens is 3. The van der Waals surface area contributed by atoms with Gasteiger partial charge in [0.25, 0.3) is 0 Å². The van der Waals surface area contributed by atoms with Crippen molar-refractivity contribution in [2.45, 2.75) is 38.3 Å². The lowest BCUT2D eigenvalue weighted by atomic mass is 9.77. The first kappa shape index (κ1) is 22.2. The third-order valence-electron chi connectivity index (χ3n) is 6.31. The van der Waals surface area contributed by atoms with E-state index in [9.17, 15) is 23.2 Å². The summed E-state index contributed by atoms with van der Waals surface area (Å²) in [5.41, 5.74) is 1.27. The molecule has 0 fully saturated rings. The van der Waals surface area contributed by atoms with Crippen LogP contribution in [0.1, 0.15) is 41.2 Å². The summed E-state index contributed by atoms with van der Waals surface area (Å²) in [6, 6.07) is 13.1. The molecule has 8 heteroatoms. The number of rotatable bonds is 3. The predicted molar refractivity (Wildman–Crippen MR) is 125 cm³/mol. The van der Waals surface area contributed by atoms with E-state index < -0.39 is 17.7 Å². The van der Waals surface area contributed by atoms with Crippen LogP contribution in [0.4, 0.5) is 18.9 Å². The quantitative estimate of drug-likeness (QED) is 0.411. The molecule has 0 bridgehead atoms. The van der Waals surface area contributed by atoms with E-state index in [-0.39, 0.29) is 17.0 Å². The van der Waals surface area contributed by atoms with E-state index in [1.807, 2.05) is 18.4 Å². The van der Waals surface area contributed by atoms with Crippen LogP contribution in [0.2, 0.25) is 0 Å². The van der Waals surface area contributed by atoms with Crippen molar-refractivity contribution in [3.05, 3.63) is 93.1 Å². The van der Waals surface area contributed by atoms with Crippen LogP contribution in [0.3, 0.4) is 0 Å². The van der Waals surface area contributed by atoms with Gasteiger partial charge in [0.15, 0.2) is 5.78 Å². The minimum absolute atomic E-state index is 0.0880. The topological polar surface area (TPSA) is 49.0 Å². The fourth-order valence-corrected chi connectivity index (χ4v) is 5.93. The Balaban J connectivity index is 1.89. The largest absolute Gasteiger partial charge is 0.418 e. The molecule has 1 aliphatic carbocycles. The fourth-order valence-electron chi connectivity index (χ4n) is 4.88. The van der Waals surface area contributed by atoms with Gasteiger partial charge in [-0.05, 0) is 61.0 Å². The lowest BCUT2D eigenvalue weighted by molar-refractivity contribution is -0.137. The molecule has 1 aliphatic heterocycles. The summed E-state index contributed by atoms with van der Waals surface area (Å²) in [4.78, 5) is 15.7. The number of anilines is 1. The van der Waals surface area contributed by atoms with Gasteiger partial charge in [0.2, 0.25) is 0 Å². The number of benzene rings is 1. The second kappa shape index (κ2) is 8.33. The molecule has 1 atom stereocenters. The normalized spacial score (nSPS) is 18.9. The van der Waals surface area contributed by atoms with E-state index in [4.69, 9.17) is 0 Å². The van der Waals surface area contributed by atoms with E-state index in [0.717, 1.165) is 16.5 Å². The highest BCUT2D eigenvalue weighted by Crippen LogP contribution is 2.51. The second-order valence-corrected chi connectivity index (χ2v) is 9.28. The average Bonchev–Trinajstić information content (AvgIpc) is 3.49. The average molecular weight is 480 g/mol. The van der Waals surface area contributed by atoms with Crippen LogP contribution in [-0.2, 0) is 11.0 Å². The number of thiophene rings is 1. The molecule has 0 amide bonds. The standard InChI is InChI=1S/C26H20F3N3OS/c1-16-11-14-34-24(16)22-17(15-30)25(31-12-4-5-13-31)32(20-9-6-10-21(33)23(20)22)19-8-3-2-7-18(19)26(27,28)29/h2-5,7-8,11-14,22H,6,9-10H2,1H3. The summed E-state index contributed by atoms with van der Waals surface area (Å²) in [6.07, 6.45) is 0.115. The monoisotopic (exact) mass is 479 g/mol. The van der Waals surface area contributed by atoms with Gasteiger partial charge in [-0.1, -0.05) is 12.1 Å². The number of alkyl halides is 3. The third kappa shape index (κ3) is 3.48. The van der Waals surface area contributed by atoms with Crippen molar-refractivity contribution in [1.29, 1.82) is 5.26 Å². The summed E-state index contributed by atoms with van der Waals surface area (Å²) >= 11 is 1.46. The van der Waals surface area contributed by atoms with Gasteiger partial charge >= 0.3 is 6.18 Å². The predicted octanol–water partition coefficient (Wildman–Crippen LogP) is 6.88. The van der Waals surface area contributed by atoms with Gasteiger partial charge in [-0.3, -0.25) is 9.69 Å². The Morgan fingerprint density at radius 1 is 1.09 bits per heavy atom. The Morgan fingerprint density at radius 2 is 1.82 bits per heavy atom. The van der Waals surface area contributed by atoms with Crippen LogP contribution in [0.5, 0.6) is 0 Å². The van der Waals surface area contributed by atoms with Gasteiger partial charge in [0.1, 0.15) is 5.82 Å². The highest BCUT2D eigenvalue weighted by Gasteiger charge is 2.44. The molecule has 3 heterocycles. The van der Waals surface area contributed by atoms with Crippen molar-refractivity contribution in [1.82, 2.24) is 4.57 Å². The number of carbonyl (C=O) groups is 1. The maximum absolute atomic E-state index is 14.1. The summed E-state index contributed by atoms with van der Waals surface area (Å²) in [6.45, 7) is 1.93. The molecule has 34 heavy (non-hydrogen) atoms. The highest BCUT2D eigenvalue weighted by atomic mass is 32.1. The van der Waals surface area contributed by atoms with Crippen LogP contribution in [0.15, 0.2) is 77.1 Å². The van der Waals surface area contributed by atoms with E-state index in [2.05, 4.69) is 6.07 Å². The number of nitrogens with zero attached hydrogens (tertiary/aromatic N) is 3. The minimum Gasteiger partial charge on any atom is -0.309 e. The van der Waals surface area contributed by atoms with Crippen molar-refractivity contribution >= 4 is 28.6 Å². The van der Waals surface area contributed by atoms with Crippen molar-refractivity contribution in [3.63, 3.8) is 0 Å². The van der Waals surface area contributed by atoms with E-state index in [1.165, 1.54) is 28.4 Å². The molecule has 1 unspecified atom stereocenters. The zero-order valence-corrected chi connectivity index (χ0v) is 19.1. The molecule has 4 nitrogen and oxygen atoms in total. The molecule has 0 radical (unpaired) electrons. The van der Waals surface area contributed by atoms with Crippen molar-refractivity contribution in [3.8, 4) is 6.07 Å². The molecule has 2 aliphatic rings. The number of Topliss-reactive ketones (excluding diaryl/α,β-unsaturated/α-hetero) is 1. The molecular formula is C26H20F3N3OS. The summed E-state index contributed by atoms with van der Waals surface area (Å²) in [5, 5.41) is 12.3. The smallest absolute Gasteiger partial charge is 0.309 e. The van der Waals surface area contributed by atoms with Crippen molar-refractivity contribution in [2.75, 3.05) is 4.90 Å². The lowest BCUT2D eigenvalue weighted by Crippen LogP contribution is -2.37. The van der Waals surface area contributed by atoms with E-state index in [1.54, 1.807) is 35.2 Å². The zero-order chi connectivity index (χ0) is 24.0. The molecule has 5 rings (SSSR count). The summed E-state index contributed by atoms with van der Waals surface area (Å²) in [7, 11) is 0. The van der Waals surface area contributed by atoms with Gasteiger partial charge in [-0.25, -0.2) is 0 Å². The van der Waals surface area contributed by atoms with Crippen LogP contribution in [-0.4, -0.2) is 10.4 Å². The lowest BCUT2D eigenvalue weighted by Gasteiger charge is -2.41. The molecule has 3 aromatic rings. The third-order valence-corrected chi connectivity index (χ3v) is 7.40. The van der Waals surface area contributed by atoms with Crippen molar-refractivity contribution in [2.24, 2.45) is 0 Å². The van der Waals surface area contributed by atoms with Gasteiger partial charge < -0.3 is 4.57 Å². The van der Waals surface area contributed by atoms with Crippen LogP contribution < -0.4 is 4.90 Å². The van der Waals surface area contributed by atoms with E-state index >= 15 is 0 Å². The number of carbonyl (C=O) groups excluding carboxylic acids is 1. The number of para-hydroxylation sites is 1. The Bertz CT molecular complexity index is 1370. The summed E-state index contributed by atoms with van der Waals surface area (Å²) in [5.74, 6) is -0.400. The fraction of sp³-hybridized carbons (Fsp3) is 0.231. The number of nitriles is 1. The zero-order valence-electron chi connectivity index (χ0n) is 18.3. The van der Waals surface area contributed by atoms with Crippen LogP contribution in [0.25, 0.3) is 5.82 Å². The molecular weight excluding hydrogens is 459 g/mol. The number of aromatic nitrogens is 1. The SMILES string of the molecule is Cc1ccsc1C1C(C#N)=C(n2cccc2)N(c2ccccc2C(F)(F)F)C2=C1C(=O)CCC2. The molecule has 0 saturated carbocycles. The number of aryl methyl sites for hydroxylation is 1. The molecule has 172 valence electrons. The van der Waals surface area contributed by atoms with Gasteiger partial charge in [-0.15, -0.1) is 11.3 Å². The Morgan fingerprint density at radius 3 is 2.47 bits per heavy atom. The van der Waals surface area contributed by atoms with E-state index in [0.29, 0.717) is 36.4 Å². The second-order valence-electron chi connectivity index (χ2n) is 8.33. The van der Waals surface area contributed by atoms with Crippen LogP contribution in [0, 0.1) is 18.3 Å². The Labute approximate surface area is 198 Å². The van der Waals surface area contributed by atoms with Crippen molar-refractivity contribution < 1.29 is 18.0 Å². The molecule has 1 aromatic carbocycles. The summed E-state index contributed by atoms with van der Waals surface area (Å²) < 4.78 is 44.0. The van der Waals surface area contributed by atoms with Crippen LogP contribution >= 0.6 is 11.3 Å². The maximum Gasteiger partial charge on any atom is 0.418 e. The minimum atomic E-state index is -4.61. The Hall–Kier alpha value is -3.57. The number of allylic oxidation sites excluding steroid dienone is 3. The number of hydrogen-bond acceptors (Lipinski definition) is 4. The first-order valence-corrected chi connectivity index (χ1v) is 11.7. The molecule has 0 N–H and O–H groups in total. The van der Waals surface area contributed by atoms with Gasteiger partial charge in [0, 0.05) is 35.0 Å². The molecule has 0 saturated heterocycles. The first-order chi connectivity index (χ1) is 16.3. The molecule has 0 spiro atoms. The number of ketones is 1. The highest BCUT2D eigenvalue weighted by molar-refractivity contribution is 7.10. The number of hydrogen-bond donors (Lipinski definition) is 0. The van der Waals surface area contributed by atoms with Gasteiger partial charge in [-0.2, -0.15) is 18.4 Å². The maximum atomic E-state index is 14.1. The van der Waals surface area contributed by atoms with Gasteiger partial charge in [0.05, 0.1) is 28.8 Å².